The third-order valence-electron chi connectivity index (χ3n) is 6.92. The minimum atomic E-state index is -0.909. The third-order valence-corrected chi connectivity index (χ3v) is 6.92. The summed E-state index contributed by atoms with van der Waals surface area (Å²) in [5.74, 6) is -0.254. The smallest absolute Gasteiger partial charge is 0.407 e. The van der Waals surface area contributed by atoms with Gasteiger partial charge in [-0.1, -0.05) is 60.7 Å². The second kappa shape index (κ2) is 12.4. The summed E-state index contributed by atoms with van der Waals surface area (Å²) < 4.78 is 11.0. The number of alkyl carbamates (subject to hydrolysis) is 1. The molecule has 0 saturated heterocycles. The standard InChI is InChI=1S/C33H31N3O5/c1-3-40-23-18-16-22(17-19-23)35-32(38)28-14-8-9-15-30(28)36-31(37)21(2)34-33(39)41-20-29-26-12-6-4-10-24(26)25-11-5-7-13-27(25)29/h4-19,21,29H,3,20H2,1-2H3,(H,34,39)(H,35,38)(H,36,37)/t21-/m1/s1. The van der Waals surface area contributed by atoms with E-state index in [2.05, 4.69) is 28.1 Å². The zero-order chi connectivity index (χ0) is 28.8. The summed E-state index contributed by atoms with van der Waals surface area (Å²) in [5, 5.41) is 8.16. The van der Waals surface area contributed by atoms with Crippen LogP contribution in [0.25, 0.3) is 11.1 Å². The van der Waals surface area contributed by atoms with E-state index < -0.39 is 18.0 Å². The maximum atomic E-state index is 13.0. The van der Waals surface area contributed by atoms with Crippen molar-refractivity contribution >= 4 is 29.3 Å². The van der Waals surface area contributed by atoms with E-state index in [9.17, 15) is 14.4 Å². The van der Waals surface area contributed by atoms with Gasteiger partial charge in [-0.05, 0) is 72.5 Å². The number of nitrogens with one attached hydrogen (secondary N) is 3. The predicted molar refractivity (Wildman–Crippen MR) is 158 cm³/mol. The highest BCUT2D eigenvalue weighted by molar-refractivity contribution is 6.10. The highest BCUT2D eigenvalue weighted by atomic mass is 16.5. The molecule has 1 aliphatic carbocycles. The molecule has 41 heavy (non-hydrogen) atoms. The number of benzene rings is 4. The van der Waals surface area contributed by atoms with Gasteiger partial charge in [0.05, 0.1) is 17.9 Å². The molecule has 0 aliphatic heterocycles. The largest absolute Gasteiger partial charge is 0.494 e. The molecular formula is C33H31N3O5. The molecule has 208 valence electrons. The molecule has 0 heterocycles. The van der Waals surface area contributed by atoms with Crippen LogP contribution in [0.15, 0.2) is 97.1 Å². The average Bonchev–Trinajstić information content (AvgIpc) is 3.31. The van der Waals surface area contributed by atoms with Crippen LogP contribution in [0.2, 0.25) is 0 Å². The van der Waals surface area contributed by atoms with Gasteiger partial charge < -0.3 is 25.4 Å². The molecule has 8 nitrogen and oxygen atoms in total. The number of fused-ring (bicyclic) bond motifs is 3. The Labute approximate surface area is 238 Å². The van der Waals surface area contributed by atoms with Gasteiger partial charge in [0, 0.05) is 11.6 Å². The van der Waals surface area contributed by atoms with E-state index in [1.165, 1.54) is 0 Å². The molecule has 0 radical (unpaired) electrons. The van der Waals surface area contributed by atoms with Gasteiger partial charge in [0.15, 0.2) is 0 Å². The quantitative estimate of drug-likeness (QED) is 0.230. The Morgan fingerprint density at radius 3 is 2.05 bits per heavy atom. The fourth-order valence-corrected chi connectivity index (χ4v) is 4.91. The van der Waals surface area contributed by atoms with Crippen LogP contribution < -0.4 is 20.7 Å². The molecule has 0 unspecified atom stereocenters. The molecule has 0 fully saturated rings. The number of para-hydroxylation sites is 1. The minimum Gasteiger partial charge on any atom is -0.494 e. The predicted octanol–water partition coefficient (Wildman–Crippen LogP) is 6.20. The minimum absolute atomic E-state index is 0.0851. The zero-order valence-corrected chi connectivity index (χ0v) is 22.8. The molecule has 8 heteroatoms. The van der Waals surface area contributed by atoms with E-state index >= 15 is 0 Å². The number of amides is 3. The van der Waals surface area contributed by atoms with Crippen molar-refractivity contribution < 1.29 is 23.9 Å². The number of ether oxygens (including phenoxy) is 2. The van der Waals surface area contributed by atoms with Crippen LogP contribution in [0.5, 0.6) is 5.75 Å². The molecule has 0 bridgehead atoms. The molecule has 4 aromatic rings. The fraction of sp³-hybridized carbons (Fsp3) is 0.182. The number of hydrogen-bond donors (Lipinski definition) is 3. The van der Waals surface area contributed by atoms with E-state index in [1.54, 1.807) is 55.5 Å². The summed E-state index contributed by atoms with van der Waals surface area (Å²) in [6.45, 7) is 4.14. The lowest BCUT2D eigenvalue weighted by Gasteiger charge is -2.18. The summed E-state index contributed by atoms with van der Waals surface area (Å²) in [7, 11) is 0. The van der Waals surface area contributed by atoms with E-state index in [4.69, 9.17) is 9.47 Å². The lowest BCUT2D eigenvalue weighted by molar-refractivity contribution is -0.117. The number of rotatable bonds is 9. The van der Waals surface area contributed by atoms with E-state index in [0.29, 0.717) is 23.7 Å². The highest BCUT2D eigenvalue weighted by Crippen LogP contribution is 2.44. The van der Waals surface area contributed by atoms with Crippen LogP contribution >= 0.6 is 0 Å². The summed E-state index contributed by atoms with van der Waals surface area (Å²) >= 11 is 0. The van der Waals surface area contributed by atoms with Crippen LogP contribution in [0, 0.1) is 0 Å². The second-order valence-electron chi connectivity index (χ2n) is 9.64. The summed E-state index contributed by atoms with van der Waals surface area (Å²) in [4.78, 5) is 38.6. The summed E-state index contributed by atoms with van der Waals surface area (Å²) in [6, 6.07) is 28.9. The summed E-state index contributed by atoms with van der Waals surface area (Å²) in [5.41, 5.74) is 5.67. The lowest BCUT2D eigenvalue weighted by atomic mass is 9.98. The first kappa shape index (κ1) is 27.5. The van der Waals surface area contributed by atoms with Crippen molar-refractivity contribution in [1.82, 2.24) is 5.32 Å². The Hall–Kier alpha value is -5.11. The Balaban J connectivity index is 1.17. The van der Waals surface area contributed by atoms with Crippen molar-refractivity contribution in [2.75, 3.05) is 23.8 Å². The fourth-order valence-electron chi connectivity index (χ4n) is 4.91. The molecule has 0 spiro atoms. The monoisotopic (exact) mass is 549 g/mol. The molecular weight excluding hydrogens is 518 g/mol. The molecule has 0 aromatic heterocycles. The van der Waals surface area contributed by atoms with Gasteiger partial charge in [-0.15, -0.1) is 0 Å². The third kappa shape index (κ3) is 6.22. The van der Waals surface area contributed by atoms with Crippen LogP contribution in [-0.2, 0) is 9.53 Å². The van der Waals surface area contributed by atoms with Gasteiger partial charge in [0.25, 0.3) is 5.91 Å². The Morgan fingerprint density at radius 1 is 0.780 bits per heavy atom. The normalized spacial score (nSPS) is 12.4. The first-order valence-electron chi connectivity index (χ1n) is 13.5. The van der Waals surface area contributed by atoms with Crippen LogP contribution in [-0.4, -0.2) is 37.2 Å². The molecule has 3 amide bonds. The number of carbonyl (C=O) groups is 3. The molecule has 1 atom stereocenters. The Morgan fingerprint density at radius 2 is 1.39 bits per heavy atom. The molecule has 3 N–H and O–H groups in total. The number of hydrogen-bond acceptors (Lipinski definition) is 5. The van der Waals surface area contributed by atoms with Gasteiger partial charge in [0.2, 0.25) is 5.91 Å². The van der Waals surface area contributed by atoms with Crippen molar-refractivity contribution in [1.29, 1.82) is 0 Å². The van der Waals surface area contributed by atoms with Gasteiger partial charge >= 0.3 is 6.09 Å². The number of carbonyl (C=O) groups excluding carboxylic acids is 3. The Kier molecular flexibility index (Phi) is 8.29. The molecule has 4 aromatic carbocycles. The number of anilines is 2. The first-order chi connectivity index (χ1) is 19.9. The van der Waals surface area contributed by atoms with Gasteiger partial charge in [-0.3, -0.25) is 9.59 Å². The van der Waals surface area contributed by atoms with E-state index in [-0.39, 0.29) is 24.0 Å². The van der Waals surface area contributed by atoms with Crippen molar-refractivity contribution in [2.45, 2.75) is 25.8 Å². The maximum Gasteiger partial charge on any atom is 0.407 e. The second-order valence-corrected chi connectivity index (χ2v) is 9.64. The van der Waals surface area contributed by atoms with Crippen LogP contribution in [0.1, 0.15) is 41.3 Å². The van der Waals surface area contributed by atoms with E-state index in [0.717, 1.165) is 22.3 Å². The maximum absolute atomic E-state index is 13.0. The van der Waals surface area contributed by atoms with Gasteiger partial charge in [-0.25, -0.2) is 4.79 Å². The average molecular weight is 550 g/mol. The van der Waals surface area contributed by atoms with Gasteiger partial charge in [0.1, 0.15) is 18.4 Å². The SMILES string of the molecule is CCOc1ccc(NC(=O)c2ccccc2NC(=O)[C@@H](C)NC(=O)OCC2c3ccccc3-c3ccccc32)cc1. The Bertz CT molecular complexity index is 1520. The first-order valence-corrected chi connectivity index (χ1v) is 13.5. The van der Waals surface area contributed by atoms with Crippen molar-refractivity contribution in [3.8, 4) is 16.9 Å². The van der Waals surface area contributed by atoms with Crippen molar-refractivity contribution in [3.05, 3.63) is 114 Å². The van der Waals surface area contributed by atoms with Crippen LogP contribution in [0.4, 0.5) is 16.2 Å². The van der Waals surface area contributed by atoms with Crippen molar-refractivity contribution in [2.24, 2.45) is 0 Å². The topological polar surface area (TPSA) is 106 Å². The van der Waals surface area contributed by atoms with Crippen molar-refractivity contribution in [3.63, 3.8) is 0 Å². The van der Waals surface area contributed by atoms with Crippen LogP contribution in [0.3, 0.4) is 0 Å². The molecule has 5 rings (SSSR count). The summed E-state index contributed by atoms with van der Waals surface area (Å²) in [6.07, 6.45) is -0.698. The van der Waals surface area contributed by atoms with Gasteiger partial charge in [-0.2, -0.15) is 0 Å². The molecule has 1 aliphatic rings. The molecule has 0 saturated carbocycles. The zero-order valence-electron chi connectivity index (χ0n) is 22.8. The highest BCUT2D eigenvalue weighted by Gasteiger charge is 2.29. The lowest BCUT2D eigenvalue weighted by Crippen LogP contribution is -2.42. The van der Waals surface area contributed by atoms with E-state index in [1.807, 2.05) is 43.3 Å².